The Labute approximate surface area is 516 Å². The van der Waals surface area contributed by atoms with Crippen LogP contribution in [-0.4, -0.2) is 37.2 Å². The lowest BCUT2D eigenvalue weighted by atomic mass is 10.0. The fourth-order valence-electron chi connectivity index (χ4n) is 10.8. The van der Waals surface area contributed by atoms with Crippen molar-refractivity contribution in [3.05, 3.63) is 72.9 Å². The quantitative estimate of drug-likeness (QED) is 0.0261. The van der Waals surface area contributed by atoms with Gasteiger partial charge >= 0.3 is 17.9 Å². The summed E-state index contributed by atoms with van der Waals surface area (Å²) in [5, 5.41) is 0. The summed E-state index contributed by atoms with van der Waals surface area (Å²) in [6.45, 7) is 6.58. The molecule has 0 aliphatic carbocycles. The van der Waals surface area contributed by atoms with Gasteiger partial charge < -0.3 is 14.2 Å². The maximum Gasteiger partial charge on any atom is 0.306 e. The standard InChI is InChI=1S/C77H138O6/c1-4-7-10-13-16-19-22-25-28-30-32-34-36-37-38-39-41-42-44-46-49-52-55-58-61-64-67-70-76(79)82-73-74(72-81-75(78)69-66-63-60-57-54-51-48-27-24-21-18-15-12-9-6-3)83-77(80)71-68-65-62-59-56-53-50-47-45-43-40-35-33-31-29-26-23-20-17-14-11-8-5-2/h7,10,16,19,25,27-28,32,34,37-38,48,74H,4-6,8-9,11-15,17-18,20-24,26,29-31,33,35-36,39-47,49-73H2,1-3H3/b10-7-,19-16-,28-25-,34-32-,38-37-,48-27-. The van der Waals surface area contributed by atoms with Gasteiger partial charge in [-0.15, -0.1) is 0 Å². The molecule has 0 saturated carbocycles. The van der Waals surface area contributed by atoms with E-state index in [1.54, 1.807) is 0 Å². The van der Waals surface area contributed by atoms with Crippen LogP contribution >= 0.6 is 0 Å². The number of hydrogen-bond acceptors (Lipinski definition) is 6. The van der Waals surface area contributed by atoms with E-state index in [0.29, 0.717) is 19.3 Å². The average molecular weight is 1160 g/mol. The first-order valence-corrected chi connectivity index (χ1v) is 36.4. The van der Waals surface area contributed by atoms with Crippen LogP contribution in [0.15, 0.2) is 72.9 Å². The Balaban J connectivity index is 4.29. The van der Waals surface area contributed by atoms with Gasteiger partial charge in [-0.2, -0.15) is 0 Å². The van der Waals surface area contributed by atoms with Crippen molar-refractivity contribution in [1.82, 2.24) is 0 Å². The van der Waals surface area contributed by atoms with E-state index in [4.69, 9.17) is 14.2 Å². The van der Waals surface area contributed by atoms with Crippen LogP contribution in [0.5, 0.6) is 0 Å². The highest BCUT2D eigenvalue weighted by molar-refractivity contribution is 5.71. The minimum Gasteiger partial charge on any atom is -0.462 e. The summed E-state index contributed by atoms with van der Waals surface area (Å²) in [6, 6.07) is 0. The summed E-state index contributed by atoms with van der Waals surface area (Å²) >= 11 is 0. The predicted octanol–water partition coefficient (Wildman–Crippen LogP) is 25.2. The van der Waals surface area contributed by atoms with Crippen molar-refractivity contribution < 1.29 is 28.6 Å². The number of carbonyl (C=O) groups excluding carboxylic acids is 3. The monoisotopic (exact) mass is 1160 g/mol. The van der Waals surface area contributed by atoms with Crippen LogP contribution in [-0.2, 0) is 28.6 Å². The summed E-state index contributed by atoms with van der Waals surface area (Å²) in [4.78, 5) is 38.5. The van der Waals surface area contributed by atoms with Crippen molar-refractivity contribution in [2.24, 2.45) is 0 Å². The molecule has 1 unspecified atom stereocenters. The van der Waals surface area contributed by atoms with Gasteiger partial charge in [0.1, 0.15) is 13.2 Å². The fourth-order valence-corrected chi connectivity index (χ4v) is 10.8. The molecule has 6 nitrogen and oxygen atoms in total. The third kappa shape index (κ3) is 69.5. The molecular formula is C77H138O6. The molecule has 0 aliphatic heterocycles. The van der Waals surface area contributed by atoms with Crippen LogP contribution in [0, 0.1) is 0 Å². The second kappa shape index (κ2) is 71.3. The Hall–Kier alpha value is -3.15. The number of carbonyl (C=O) groups is 3. The molecular weight excluding hydrogens is 1020 g/mol. The first-order valence-electron chi connectivity index (χ1n) is 36.4. The zero-order valence-electron chi connectivity index (χ0n) is 55.5. The van der Waals surface area contributed by atoms with Crippen LogP contribution in [0.3, 0.4) is 0 Å². The lowest BCUT2D eigenvalue weighted by Gasteiger charge is -2.18. The number of ether oxygens (including phenoxy) is 3. The molecule has 83 heavy (non-hydrogen) atoms. The van der Waals surface area contributed by atoms with E-state index in [1.165, 1.54) is 244 Å². The van der Waals surface area contributed by atoms with Crippen molar-refractivity contribution in [1.29, 1.82) is 0 Å². The lowest BCUT2D eigenvalue weighted by Crippen LogP contribution is -2.30. The first-order chi connectivity index (χ1) is 41.0. The Bertz CT molecular complexity index is 1520. The molecule has 0 aromatic rings. The van der Waals surface area contributed by atoms with Gasteiger partial charge in [-0.05, 0) is 89.9 Å². The molecule has 482 valence electrons. The zero-order chi connectivity index (χ0) is 59.9. The number of hydrogen-bond donors (Lipinski definition) is 0. The highest BCUT2D eigenvalue weighted by Crippen LogP contribution is 2.18. The van der Waals surface area contributed by atoms with E-state index < -0.39 is 6.10 Å². The van der Waals surface area contributed by atoms with Crippen LogP contribution in [0.2, 0.25) is 0 Å². The summed E-state index contributed by atoms with van der Waals surface area (Å²) < 4.78 is 17.0. The maximum absolute atomic E-state index is 13.0. The number of esters is 3. The minimum absolute atomic E-state index is 0.0754. The average Bonchev–Trinajstić information content (AvgIpc) is 3.49. The Morgan fingerprint density at radius 2 is 0.470 bits per heavy atom. The molecule has 0 aromatic carbocycles. The van der Waals surface area contributed by atoms with Gasteiger partial charge in [0.05, 0.1) is 0 Å². The third-order valence-electron chi connectivity index (χ3n) is 16.2. The molecule has 0 N–H and O–H groups in total. The summed E-state index contributed by atoms with van der Waals surface area (Å²) in [7, 11) is 0. The van der Waals surface area contributed by atoms with E-state index >= 15 is 0 Å². The van der Waals surface area contributed by atoms with E-state index in [0.717, 1.165) is 96.3 Å². The minimum atomic E-state index is -0.780. The number of rotatable bonds is 67. The van der Waals surface area contributed by atoms with Crippen molar-refractivity contribution >= 4 is 17.9 Å². The van der Waals surface area contributed by atoms with Gasteiger partial charge in [0.15, 0.2) is 6.10 Å². The molecule has 0 spiro atoms. The predicted molar refractivity (Wildman–Crippen MR) is 362 cm³/mol. The largest absolute Gasteiger partial charge is 0.462 e. The maximum atomic E-state index is 13.0. The van der Waals surface area contributed by atoms with Crippen molar-refractivity contribution in [3.63, 3.8) is 0 Å². The second-order valence-corrected chi connectivity index (χ2v) is 24.5. The SMILES string of the molecule is CC/C=C\C/C=C\C/C=C\C/C=C\C/C=C\CCCCCCCCCCCCCC(=O)OCC(COC(=O)CCCCCCC/C=C\CCCCCCCC)OC(=O)CCCCCCCCCCCCCCCCCCCCCCCCC. The van der Waals surface area contributed by atoms with E-state index in [2.05, 4.69) is 93.7 Å². The Kier molecular flexibility index (Phi) is 68.6. The molecule has 0 aliphatic rings. The molecule has 0 heterocycles. The molecule has 0 rings (SSSR count). The molecule has 1 atom stereocenters. The smallest absolute Gasteiger partial charge is 0.306 e. The molecule has 6 heteroatoms. The van der Waals surface area contributed by atoms with Gasteiger partial charge in [-0.25, -0.2) is 0 Å². The number of allylic oxidation sites excluding steroid dienone is 12. The first kappa shape index (κ1) is 79.8. The third-order valence-corrected chi connectivity index (χ3v) is 16.2. The molecule has 0 aromatic heterocycles. The number of unbranched alkanes of at least 4 members (excludes halogenated alkanes) is 44. The van der Waals surface area contributed by atoms with Crippen molar-refractivity contribution in [2.45, 2.75) is 386 Å². The van der Waals surface area contributed by atoms with Gasteiger partial charge in [0.2, 0.25) is 0 Å². The van der Waals surface area contributed by atoms with Gasteiger partial charge in [0, 0.05) is 19.3 Å². The lowest BCUT2D eigenvalue weighted by molar-refractivity contribution is -0.167. The topological polar surface area (TPSA) is 78.9 Å². The van der Waals surface area contributed by atoms with E-state index in [9.17, 15) is 14.4 Å². The summed E-state index contributed by atoms with van der Waals surface area (Å²) in [5.74, 6) is -0.861. The summed E-state index contributed by atoms with van der Waals surface area (Å²) in [6.07, 6.45) is 93.6. The zero-order valence-corrected chi connectivity index (χ0v) is 55.5. The highest BCUT2D eigenvalue weighted by atomic mass is 16.6. The van der Waals surface area contributed by atoms with Crippen LogP contribution < -0.4 is 0 Å². The van der Waals surface area contributed by atoms with Crippen LogP contribution in [0.4, 0.5) is 0 Å². The molecule has 0 bridgehead atoms. The van der Waals surface area contributed by atoms with Gasteiger partial charge in [-0.1, -0.05) is 344 Å². The Morgan fingerprint density at radius 3 is 0.747 bits per heavy atom. The normalized spacial score (nSPS) is 12.5. The molecule has 0 fully saturated rings. The van der Waals surface area contributed by atoms with Gasteiger partial charge in [0.25, 0.3) is 0 Å². The second-order valence-electron chi connectivity index (χ2n) is 24.5. The van der Waals surface area contributed by atoms with E-state index in [1.807, 2.05) is 0 Å². The summed E-state index contributed by atoms with van der Waals surface area (Å²) in [5.41, 5.74) is 0. The van der Waals surface area contributed by atoms with Crippen LogP contribution in [0.1, 0.15) is 380 Å². The molecule has 0 saturated heterocycles. The van der Waals surface area contributed by atoms with E-state index in [-0.39, 0.29) is 31.1 Å². The Morgan fingerprint density at radius 1 is 0.253 bits per heavy atom. The fraction of sp³-hybridized carbons (Fsp3) is 0.805. The van der Waals surface area contributed by atoms with Crippen molar-refractivity contribution in [3.8, 4) is 0 Å². The van der Waals surface area contributed by atoms with Crippen LogP contribution in [0.25, 0.3) is 0 Å². The van der Waals surface area contributed by atoms with Crippen molar-refractivity contribution in [2.75, 3.05) is 13.2 Å². The highest BCUT2D eigenvalue weighted by Gasteiger charge is 2.19. The molecule has 0 radical (unpaired) electrons. The molecule has 0 amide bonds. The van der Waals surface area contributed by atoms with Gasteiger partial charge in [-0.3, -0.25) is 14.4 Å².